The van der Waals surface area contributed by atoms with E-state index in [2.05, 4.69) is 5.32 Å². The molecule has 6 heteroatoms. The molecule has 0 bridgehead atoms. The van der Waals surface area contributed by atoms with Gasteiger partial charge in [-0.3, -0.25) is 4.79 Å². The predicted molar refractivity (Wildman–Crippen MR) is 51.5 cm³/mol. The van der Waals surface area contributed by atoms with E-state index >= 15 is 0 Å². The lowest BCUT2D eigenvalue weighted by Gasteiger charge is -2.35. The molecule has 0 aromatic carbocycles. The van der Waals surface area contributed by atoms with Crippen molar-refractivity contribution in [2.45, 2.75) is 18.1 Å². The Kier molecular flexibility index (Phi) is 5.88. The van der Waals surface area contributed by atoms with Crippen LogP contribution in [0, 0.1) is 0 Å². The topological polar surface area (TPSA) is 56.8 Å². The van der Waals surface area contributed by atoms with Crippen LogP contribution in [0.3, 0.4) is 0 Å². The molecule has 1 amide bonds. The van der Waals surface area contributed by atoms with Gasteiger partial charge in [0.1, 0.15) is 6.10 Å². The zero-order valence-corrected chi connectivity index (χ0v) is 10.5. The molecule has 1 N–H and O–H groups in total. The minimum absolute atomic E-state index is 0.278. The average molecular weight is 207 g/mol. The van der Waals surface area contributed by atoms with E-state index in [-0.39, 0.29) is 6.10 Å². The Morgan fingerprint density at radius 3 is 2.23 bits per heavy atom. The van der Waals surface area contributed by atoms with Crippen LogP contribution < -0.4 is 5.32 Å². The third-order valence-corrected chi connectivity index (χ3v) is 2.69. The summed E-state index contributed by atoms with van der Waals surface area (Å²) in [5.74, 6) is -1.15. The second-order valence-corrected chi connectivity index (χ2v) is 3.29. The molecule has 0 aromatic rings. The highest BCUT2D eigenvalue weighted by Crippen LogP contribution is 2.17. The second kappa shape index (κ2) is 6.09. The Hall–Kier alpha value is -0.433. The van der Waals surface area contributed by atoms with Gasteiger partial charge in [-0.1, -0.05) is 0 Å². The first-order chi connectivity index (χ1) is 6.20. The largest absolute Gasteiger partial charge is 0.374 e. The summed E-state index contributed by atoms with van der Waals surface area (Å²) < 4.78 is 15.4. The highest BCUT2D eigenvalue weighted by Gasteiger charge is 2.38. The molecule has 0 saturated carbocycles. The fourth-order valence-corrected chi connectivity index (χ4v) is 2.10. The van der Waals surface area contributed by atoms with E-state index in [4.69, 9.17) is 14.2 Å². The van der Waals surface area contributed by atoms with Crippen LogP contribution in [-0.4, -0.2) is 50.0 Å². The van der Waals surface area contributed by atoms with Gasteiger partial charge in [0.15, 0.2) is 0 Å². The Balaban J connectivity index is 4.59. The van der Waals surface area contributed by atoms with Crippen LogP contribution in [0.5, 0.6) is 0 Å². The zero-order chi connectivity index (χ0) is 10.3. The molecule has 0 aliphatic rings. The molecule has 0 rings (SSSR count). The van der Waals surface area contributed by atoms with Crippen LogP contribution in [0.4, 0.5) is 0 Å². The van der Waals surface area contributed by atoms with Gasteiger partial charge in [-0.15, -0.1) is 0 Å². The Labute approximate surface area is 81.2 Å². The summed E-state index contributed by atoms with van der Waals surface area (Å²) in [7, 11) is 5.42. The summed E-state index contributed by atoms with van der Waals surface area (Å²) >= 11 is 0. The number of methoxy groups -OCH3 is 3. The number of amides is 1. The van der Waals surface area contributed by atoms with Crippen molar-refractivity contribution in [3.05, 3.63) is 0 Å². The fraction of sp³-hybridized carbons (Fsp3) is 0.857. The van der Waals surface area contributed by atoms with Gasteiger partial charge in [0.2, 0.25) is 6.41 Å². The summed E-state index contributed by atoms with van der Waals surface area (Å²) in [5.41, 5.74) is 0. The minimum atomic E-state index is -1.15. The molecule has 0 spiro atoms. The lowest BCUT2D eigenvalue weighted by Crippen LogP contribution is -2.57. The third-order valence-electron chi connectivity index (χ3n) is 1.95. The summed E-state index contributed by atoms with van der Waals surface area (Å²) in [6, 6.07) is 0.805. The summed E-state index contributed by atoms with van der Waals surface area (Å²) in [6.07, 6.45) is 0.260. The molecule has 0 aliphatic heterocycles. The molecule has 0 radical (unpaired) electrons. The van der Waals surface area contributed by atoms with E-state index in [1.165, 1.54) is 14.2 Å². The molecule has 78 valence electrons. The zero-order valence-electron chi connectivity index (χ0n) is 8.49. The molecule has 13 heavy (non-hydrogen) atoms. The lowest BCUT2D eigenvalue weighted by molar-refractivity contribution is -0.273. The number of ether oxygens (including phenoxy) is 3. The molecule has 0 heterocycles. The third kappa shape index (κ3) is 2.77. The second-order valence-electron chi connectivity index (χ2n) is 2.47. The van der Waals surface area contributed by atoms with E-state index in [0.717, 1.165) is 16.3 Å². The maximum Gasteiger partial charge on any atom is 0.278 e. The van der Waals surface area contributed by atoms with Gasteiger partial charge < -0.3 is 19.5 Å². The molecule has 0 fully saturated rings. The van der Waals surface area contributed by atoms with Crippen LogP contribution in [0.2, 0.25) is 6.04 Å². The van der Waals surface area contributed by atoms with E-state index in [9.17, 15) is 4.79 Å². The fourth-order valence-electron chi connectivity index (χ4n) is 1.23. The van der Waals surface area contributed by atoms with Crippen LogP contribution in [0.25, 0.3) is 0 Å². The maximum absolute atomic E-state index is 10.4. The van der Waals surface area contributed by atoms with Crippen LogP contribution in [-0.2, 0) is 19.0 Å². The van der Waals surface area contributed by atoms with Gasteiger partial charge in [-0.05, 0) is 6.04 Å². The molecular weight excluding hydrogens is 190 g/mol. The van der Waals surface area contributed by atoms with Crippen LogP contribution >= 0.6 is 0 Å². The predicted octanol–water partition coefficient (Wildman–Crippen LogP) is -1.52. The molecule has 1 atom stereocenters. The van der Waals surface area contributed by atoms with Crippen molar-refractivity contribution < 1.29 is 19.0 Å². The van der Waals surface area contributed by atoms with Gasteiger partial charge in [-0.25, -0.2) is 0 Å². The minimum Gasteiger partial charge on any atom is -0.374 e. The van der Waals surface area contributed by atoms with Gasteiger partial charge in [0.05, 0.1) is 0 Å². The summed E-state index contributed by atoms with van der Waals surface area (Å²) in [6.45, 7) is 0. The van der Waals surface area contributed by atoms with E-state index in [1.54, 1.807) is 7.11 Å². The normalized spacial score (nSPS) is 14.1. The van der Waals surface area contributed by atoms with Gasteiger partial charge >= 0.3 is 0 Å². The van der Waals surface area contributed by atoms with Crippen molar-refractivity contribution in [3.63, 3.8) is 0 Å². The summed E-state index contributed by atoms with van der Waals surface area (Å²) in [4.78, 5) is 10.4. The SMILES string of the molecule is COC(C[SiH3])C(NC=O)(OC)OC. The smallest absolute Gasteiger partial charge is 0.278 e. The van der Waals surface area contributed by atoms with Crippen molar-refractivity contribution in [1.82, 2.24) is 5.32 Å². The standard InChI is InChI=1S/C7H17NO4Si/c1-10-6(4-13)7(11-2,12-3)8-5-9/h5-6H,4H2,1-3,13H3,(H,8,9). The Morgan fingerprint density at radius 1 is 1.46 bits per heavy atom. The van der Waals surface area contributed by atoms with Gasteiger partial charge in [-0.2, -0.15) is 0 Å². The van der Waals surface area contributed by atoms with Crippen LogP contribution in [0.1, 0.15) is 0 Å². The molecule has 0 saturated heterocycles. The van der Waals surface area contributed by atoms with Crippen molar-refractivity contribution in [2.24, 2.45) is 0 Å². The number of rotatable bonds is 7. The molecule has 1 unspecified atom stereocenters. The number of hydrogen-bond acceptors (Lipinski definition) is 4. The molecule has 0 aliphatic carbocycles. The molecule has 0 aromatic heterocycles. The van der Waals surface area contributed by atoms with Crippen LogP contribution in [0.15, 0.2) is 0 Å². The Morgan fingerprint density at radius 2 is 2.00 bits per heavy atom. The monoisotopic (exact) mass is 207 g/mol. The van der Waals surface area contributed by atoms with E-state index in [1.807, 2.05) is 0 Å². The summed E-state index contributed by atoms with van der Waals surface area (Å²) in [5, 5.41) is 2.47. The number of carbonyl (C=O) groups is 1. The van der Waals surface area contributed by atoms with E-state index < -0.39 is 5.91 Å². The van der Waals surface area contributed by atoms with E-state index in [0.29, 0.717) is 6.41 Å². The van der Waals surface area contributed by atoms with Gasteiger partial charge in [0.25, 0.3) is 5.91 Å². The first kappa shape index (κ1) is 12.6. The average Bonchev–Trinajstić information content (AvgIpc) is 2.18. The van der Waals surface area contributed by atoms with Crippen molar-refractivity contribution in [3.8, 4) is 0 Å². The maximum atomic E-state index is 10.4. The Bertz CT molecular complexity index is 147. The first-order valence-corrected chi connectivity index (χ1v) is 5.46. The highest BCUT2D eigenvalue weighted by atomic mass is 28.1. The van der Waals surface area contributed by atoms with Crippen molar-refractivity contribution in [1.29, 1.82) is 0 Å². The van der Waals surface area contributed by atoms with Crippen molar-refractivity contribution >= 4 is 16.7 Å². The van der Waals surface area contributed by atoms with Crippen molar-refractivity contribution in [2.75, 3.05) is 21.3 Å². The number of nitrogens with one attached hydrogen (secondary N) is 1. The quantitative estimate of drug-likeness (QED) is 0.313. The highest BCUT2D eigenvalue weighted by molar-refractivity contribution is 6.08. The first-order valence-electron chi connectivity index (χ1n) is 4.05. The molecule has 5 nitrogen and oxygen atoms in total. The van der Waals surface area contributed by atoms with Gasteiger partial charge in [0, 0.05) is 31.6 Å². The number of hydrogen-bond donors (Lipinski definition) is 1. The molecular formula is C7H17NO4Si. The lowest BCUT2D eigenvalue weighted by atomic mass is 10.3. The number of carbonyl (C=O) groups excluding carboxylic acids is 1.